The average molecular weight is 548 g/mol. The van der Waals surface area contributed by atoms with E-state index in [1.165, 1.54) is 7.11 Å². The van der Waals surface area contributed by atoms with E-state index in [0.29, 0.717) is 16.2 Å². The first kappa shape index (κ1) is 29.9. The molecule has 0 bridgehead atoms. The van der Waals surface area contributed by atoms with Gasteiger partial charge in [-0.25, -0.2) is 0 Å². The first-order valence-electron chi connectivity index (χ1n) is 13.0. The molecule has 2 aromatic rings. The normalized spacial score (nSPS) is 21.1. The third kappa shape index (κ3) is 7.27. The molecular formula is C28H41N3O6S. The second kappa shape index (κ2) is 13.4. The summed E-state index contributed by atoms with van der Waals surface area (Å²) < 4.78 is 33.5. The van der Waals surface area contributed by atoms with Gasteiger partial charge in [0.2, 0.25) is 5.91 Å². The zero-order chi connectivity index (χ0) is 27.8. The van der Waals surface area contributed by atoms with Crippen LogP contribution in [0, 0.1) is 0 Å². The van der Waals surface area contributed by atoms with Crippen LogP contribution in [-0.2, 0) is 20.9 Å². The number of hydrogen-bond donors (Lipinski definition) is 5. The molecule has 1 aliphatic heterocycles. The molecule has 0 fully saturated rings. The minimum Gasteiger partial charge on any atom is -0.496 e. The molecule has 1 amide bonds. The van der Waals surface area contributed by atoms with Crippen molar-refractivity contribution in [3.63, 3.8) is 0 Å². The van der Waals surface area contributed by atoms with Crippen molar-refractivity contribution in [2.24, 2.45) is 0 Å². The quantitative estimate of drug-likeness (QED) is 0.250. The molecule has 210 valence electrons. The summed E-state index contributed by atoms with van der Waals surface area (Å²) in [5.74, 6) is -0.0189. The van der Waals surface area contributed by atoms with Crippen molar-refractivity contribution in [3.05, 3.63) is 59.2 Å². The lowest BCUT2D eigenvalue weighted by molar-refractivity contribution is -0.139. The van der Waals surface area contributed by atoms with Gasteiger partial charge in [0.15, 0.2) is 0 Å². The second-order valence-electron chi connectivity index (χ2n) is 9.69. The van der Waals surface area contributed by atoms with Crippen molar-refractivity contribution < 1.29 is 28.2 Å². The lowest BCUT2D eigenvalue weighted by Crippen LogP contribution is -2.49. The van der Waals surface area contributed by atoms with Crippen LogP contribution in [0.15, 0.2) is 47.4 Å². The lowest BCUT2D eigenvalue weighted by atomic mass is 9.88. The highest BCUT2D eigenvalue weighted by atomic mass is 32.3. The van der Waals surface area contributed by atoms with E-state index >= 15 is 0 Å². The Morgan fingerprint density at radius 2 is 1.87 bits per heavy atom. The number of carbonyl (C=O) groups is 2. The van der Waals surface area contributed by atoms with Gasteiger partial charge in [-0.2, -0.15) is 10.6 Å². The Morgan fingerprint density at radius 3 is 2.50 bits per heavy atom. The van der Waals surface area contributed by atoms with E-state index < -0.39 is 22.1 Å². The van der Waals surface area contributed by atoms with Gasteiger partial charge >= 0.3 is 5.97 Å². The molecule has 0 saturated carbocycles. The van der Waals surface area contributed by atoms with E-state index in [1.54, 1.807) is 13.2 Å². The molecule has 0 saturated heterocycles. The van der Waals surface area contributed by atoms with E-state index in [4.69, 9.17) is 4.74 Å². The van der Waals surface area contributed by atoms with Gasteiger partial charge in [0, 0.05) is 23.2 Å². The summed E-state index contributed by atoms with van der Waals surface area (Å²) in [6.45, 7) is 4.22. The number of ether oxygens (including phenoxy) is 2. The van der Waals surface area contributed by atoms with Gasteiger partial charge in [-0.15, -0.1) is 0 Å². The second-order valence-corrected chi connectivity index (χ2v) is 11.8. The molecular weight excluding hydrogens is 506 g/mol. The van der Waals surface area contributed by atoms with Crippen LogP contribution in [0.3, 0.4) is 0 Å². The molecule has 0 radical (unpaired) electrons. The fraction of sp³-hybridized carbons (Fsp3) is 0.500. The SMILES string of the molecule is CCCC[C@]1(CC)CS(O)(O)c2cc(CNC(=O)CNCC(=O)OC)c(OC)cc2[C@@H](c2ccccc2)N1. The molecule has 3 rings (SSSR count). The Balaban J connectivity index is 1.98. The summed E-state index contributed by atoms with van der Waals surface area (Å²) in [5.41, 5.74) is 1.97. The van der Waals surface area contributed by atoms with Crippen molar-refractivity contribution >= 4 is 22.5 Å². The molecule has 1 aliphatic rings. The lowest BCUT2D eigenvalue weighted by Gasteiger charge is -2.42. The molecule has 2 aromatic carbocycles. The van der Waals surface area contributed by atoms with E-state index in [1.807, 2.05) is 36.4 Å². The predicted octanol–water partition coefficient (Wildman–Crippen LogP) is 4.22. The minimum atomic E-state index is -3.18. The number of fused-ring (bicyclic) bond motifs is 1. The third-order valence-electron chi connectivity index (χ3n) is 7.08. The van der Waals surface area contributed by atoms with Gasteiger partial charge in [-0.1, -0.05) is 57.0 Å². The summed E-state index contributed by atoms with van der Waals surface area (Å²) >= 11 is 0. The van der Waals surface area contributed by atoms with E-state index in [0.717, 1.165) is 36.8 Å². The van der Waals surface area contributed by atoms with Crippen LogP contribution in [-0.4, -0.2) is 59.6 Å². The molecule has 2 atom stereocenters. The maximum Gasteiger partial charge on any atom is 0.319 e. The van der Waals surface area contributed by atoms with Crippen LogP contribution >= 0.6 is 10.6 Å². The summed E-state index contributed by atoms with van der Waals surface area (Å²) in [6.07, 6.45) is 3.56. The Morgan fingerprint density at radius 1 is 1.13 bits per heavy atom. The number of amides is 1. The van der Waals surface area contributed by atoms with E-state index in [2.05, 4.69) is 34.5 Å². The molecule has 38 heavy (non-hydrogen) atoms. The van der Waals surface area contributed by atoms with Crippen molar-refractivity contribution in [1.82, 2.24) is 16.0 Å². The Kier molecular flexibility index (Phi) is 10.6. The number of hydrogen-bond acceptors (Lipinski definition) is 8. The zero-order valence-electron chi connectivity index (χ0n) is 22.7. The minimum absolute atomic E-state index is 0.0615. The van der Waals surface area contributed by atoms with Crippen LogP contribution in [0.25, 0.3) is 0 Å². The fourth-order valence-electron chi connectivity index (χ4n) is 4.90. The summed E-state index contributed by atoms with van der Waals surface area (Å²) in [6, 6.07) is 13.4. The van der Waals surface area contributed by atoms with Crippen molar-refractivity contribution in [2.75, 3.05) is 33.1 Å². The van der Waals surface area contributed by atoms with Gasteiger partial charge in [0.05, 0.1) is 44.0 Å². The summed E-state index contributed by atoms with van der Waals surface area (Å²) in [7, 11) is -0.336. The number of nitrogens with one attached hydrogen (secondary N) is 3. The van der Waals surface area contributed by atoms with Crippen molar-refractivity contribution in [1.29, 1.82) is 0 Å². The molecule has 0 unspecified atom stereocenters. The number of carbonyl (C=O) groups excluding carboxylic acids is 2. The molecule has 1 heterocycles. The van der Waals surface area contributed by atoms with E-state index in [-0.39, 0.29) is 37.3 Å². The maximum atomic E-state index is 12.3. The third-order valence-corrected chi connectivity index (χ3v) is 9.09. The topological polar surface area (TPSA) is 129 Å². The molecule has 9 nitrogen and oxygen atoms in total. The van der Waals surface area contributed by atoms with E-state index in [9.17, 15) is 18.7 Å². The van der Waals surface area contributed by atoms with Gasteiger partial charge in [-0.05, 0) is 30.5 Å². The summed E-state index contributed by atoms with van der Waals surface area (Å²) in [4.78, 5) is 24.1. The van der Waals surface area contributed by atoms with Crippen molar-refractivity contribution in [3.8, 4) is 5.75 Å². The van der Waals surface area contributed by atoms with Crippen LogP contribution in [0.1, 0.15) is 62.3 Å². The smallest absolute Gasteiger partial charge is 0.319 e. The number of methoxy groups -OCH3 is 2. The Labute approximate surface area is 227 Å². The zero-order valence-corrected chi connectivity index (χ0v) is 23.5. The number of unbranched alkanes of at least 4 members (excludes halogenated alkanes) is 1. The number of rotatable bonds is 12. The first-order valence-corrected chi connectivity index (χ1v) is 14.7. The van der Waals surface area contributed by atoms with Gasteiger partial charge in [0.1, 0.15) is 5.75 Å². The molecule has 0 spiro atoms. The van der Waals surface area contributed by atoms with Crippen LogP contribution in [0.5, 0.6) is 5.75 Å². The van der Waals surface area contributed by atoms with Gasteiger partial charge in [-0.3, -0.25) is 29.3 Å². The van der Waals surface area contributed by atoms with Crippen LogP contribution in [0.4, 0.5) is 0 Å². The highest BCUT2D eigenvalue weighted by molar-refractivity contribution is 8.24. The van der Waals surface area contributed by atoms with Gasteiger partial charge < -0.3 is 14.8 Å². The Bertz CT molecular complexity index is 1100. The average Bonchev–Trinajstić information content (AvgIpc) is 3.02. The number of benzene rings is 2. The highest BCUT2D eigenvalue weighted by Gasteiger charge is 2.42. The fourth-order valence-corrected chi connectivity index (χ4v) is 7.14. The molecule has 0 aliphatic carbocycles. The molecule has 5 N–H and O–H groups in total. The monoisotopic (exact) mass is 547 g/mol. The summed E-state index contributed by atoms with van der Waals surface area (Å²) in [5, 5.41) is 9.37. The molecule has 0 aromatic heterocycles. The van der Waals surface area contributed by atoms with Crippen LogP contribution < -0.4 is 20.7 Å². The maximum absolute atomic E-state index is 12.3. The highest BCUT2D eigenvalue weighted by Crippen LogP contribution is 2.58. The molecule has 10 heteroatoms. The predicted molar refractivity (Wildman–Crippen MR) is 150 cm³/mol. The van der Waals surface area contributed by atoms with Crippen molar-refractivity contribution in [2.45, 2.75) is 62.6 Å². The van der Waals surface area contributed by atoms with Crippen LogP contribution in [0.2, 0.25) is 0 Å². The number of esters is 1. The first-order chi connectivity index (χ1) is 18.2. The largest absolute Gasteiger partial charge is 0.496 e. The Hall–Kier alpha value is -2.63. The van der Waals surface area contributed by atoms with Gasteiger partial charge in [0.25, 0.3) is 0 Å². The standard InChI is InChI=1S/C28H41N3O6S/c1-5-7-13-28(6-2)19-38(34,35)24-14-21(16-30-25(32)17-29-18-26(33)37-4)23(36-3)15-22(24)27(31-28)20-11-9-8-10-12-20/h8-12,14-15,27,29,31,34-35H,5-7,13,16-19H2,1-4H3,(H,30,32)/t27-,28-/m1/s1.